The summed E-state index contributed by atoms with van der Waals surface area (Å²) in [6.45, 7) is 1.67. The first-order valence-corrected chi connectivity index (χ1v) is 13.2. The molecule has 1 heterocycles. The fourth-order valence-electron chi connectivity index (χ4n) is 4.27. The first kappa shape index (κ1) is 25.6. The number of benzene rings is 2. The number of ether oxygens (including phenoxy) is 2. The number of anilines is 2. The molecule has 0 bridgehead atoms. The lowest BCUT2D eigenvalue weighted by Gasteiger charge is -2.29. The average Bonchev–Trinajstić information content (AvgIpc) is 3.51. The van der Waals surface area contributed by atoms with Gasteiger partial charge in [0, 0.05) is 34.3 Å². The second-order valence-corrected chi connectivity index (χ2v) is 10.2. The zero-order chi connectivity index (χ0) is 25.7. The van der Waals surface area contributed by atoms with E-state index in [0.717, 1.165) is 25.7 Å². The lowest BCUT2D eigenvalue weighted by Crippen LogP contribution is -2.51. The van der Waals surface area contributed by atoms with Gasteiger partial charge in [-0.2, -0.15) is 0 Å². The Labute approximate surface area is 210 Å². The second-order valence-electron chi connectivity index (χ2n) is 8.75. The van der Waals surface area contributed by atoms with Gasteiger partial charge >= 0.3 is 0 Å². The monoisotopic (exact) mass is 517 g/mol. The standard InChI is InChI=1S/C25H28FN3O6S/c1-16(25(32)28-18-4-2-3-5-18)29(20-9-6-17(26)7-10-20)24(31)14-36(33)13-23(30)27-19-8-11-21-22(12-19)35-15-34-21/h6-12,16,18H,2-5,13-15H2,1H3,(H,27,30)(H,28,32)/t16-,36+/m0/s1. The maximum atomic E-state index is 13.5. The number of nitrogens with zero attached hydrogens (tertiary/aromatic N) is 1. The smallest absolute Gasteiger partial charge is 0.243 e. The van der Waals surface area contributed by atoms with E-state index in [1.165, 1.54) is 29.2 Å². The molecule has 1 aliphatic carbocycles. The van der Waals surface area contributed by atoms with E-state index in [0.29, 0.717) is 22.9 Å². The molecule has 1 aliphatic heterocycles. The number of hydrogen-bond acceptors (Lipinski definition) is 6. The van der Waals surface area contributed by atoms with E-state index in [1.54, 1.807) is 25.1 Å². The summed E-state index contributed by atoms with van der Waals surface area (Å²) in [5.41, 5.74) is 0.745. The molecule has 0 saturated heterocycles. The molecule has 3 amide bonds. The molecule has 0 unspecified atom stereocenters. The molecule has 11 heteroatoms. The minimum absolute atomic E-state index is 0.0547. The van der Waals surface area contributed by atoms with Crippen LogP contribution in [0.25, 0.3) is 0 Å². The molecule has 1 saturated carbocycles. The number of fused-ring (bicyclic) bond motifs is 1. The Kier molecular flexibility index (Phi) is 8.19. The van der Waals surface area contributed by atoms with Crippen molar-refractivity contribution in [2.45, 2.75) is 44.7 Å². The second kappa shape index (κ2) is 11.5. The van der Waals surface area contributed by atoms with Crippen molar-refractivity contribution in [3.8, 4) is 11.5 Å². The van der Waals surface area contributed by atoms with Crippen molar-refractivity contribution in [1.82, 2.24) is 5.32 Å². The number of hydrogen-bond donors (Lipinski definition) is 2. The molecule has 1 fully saturated rings. The van der Waals surface area contributed by atoms with Crippen LogP contribution in [0.1, 0.15) is 32.6 Å². The zero-order valence-electron chi connectivity index (χ0n) is 19.8. The molecule has 2 atom stereocenters. The van der Waals surface area contributed by atoms with E-state index < -0.39 is 46.0 Å². The summed E-state index contributed by atoms with van der Waals surface area (Å²) in [5.74, 6) is -1.82. The minimum Gasteiger partial charge on any atom is -0.454 e. The molecule has 192 valence electrons. The predicted molar refractivity (Wildman–Crippen MR) is 133 cm³/mol. The van der Waals surface area contributed by atoms with Crippen LogP contribution in [0.4, 0.5) is 15.8 Å². The number of amides is 3. The topological polar surface area (TPSA) is 114 Å². The van der Waals surface area contributed by atoms with Gasteiger partial charge in [0.1, 0.15) is 23.4 Å². The van der Waals surface area contributed by atoms with Crippen LogP contribution >= 0.6 is 0 Å². The Bertz CT molecular complexity index is 1150. The average molecular weight is 518 g/mol. The lowest BCUT2D eigenvalue weighted by atomic mass is 10.1. The maximum Gasteiger partial charge on any atom is 0.243 e. The van der Waals surface area contributed by atoms with Gasteiger partial charge in [0.25, 0.3) is 0 Å². The molecule has 4 rings (SSSR count). The van der Waals surface area contributed by atoms with Crippen LogP contribution < -0.4 is 25.0 Å². The normalized spacial score (nSPS) is 16.3. The van der Waals surface area contributed by atoms with Crippen molar-refractivity contribution in [3.63, 3.8) is 0 Å². The summed E-state index contributed by atoms with van der Waals surface area (Å²) >= 11 is 0. The summed E-state index contributed by atoms with van der Waals surface area (Å²) in [5, 5.41) is 5.59. The number of carbonyl (C=O) groups excluding carboxylic acids is 3. The maximum absolute atomic E-state index is 13.5. The van der Waals surface area contributed by atoms with Gasteiger partial charge in [0.05, 0.1) is 0 Å². The Morgan fingerprint density at radius 2 is 1.75 bits per heavy atom. The van der Waals surface area contributed by atoms with Gasteiger partial charge in [-0.1, -0.05) is 12.8 Å². The summed E-state index contributed by atoms with van der Waals surface area (Å²) in [4.78, 5) is 39.7. The van der Waals surface area contributed by atoms with Crippen molar-refractivity contribution in [3.05, 3.63) is 48.3 Å². The minimum atomic E-state index is -1.85. The van der Waals surface area contributed by atoms with Gasteiger partial charge in [0.15, 0.2) is 11.5 Å². The first-order chi connectivity index (χ1) is 17.3. The van der Waals surface area contributed by atoms with Crippen LogP contribution in [-0.4, -0.2) is 52.3 Å². The quantitative estimate of drug-likeness (QED) is 0.529. The molecule has 0 spiro atoms. The third-order valence-electron chi connectivity index (χ3n) is 6.07. The Balaban J connectivity index is 1.39. The number of carbonyl (C=O) groups is 3. The van der Waals surface area contributed by atoms with Crippen molar-refractivity contribution in [2.75, 3.05) is 28.5 Å². The summed E-state index contributed by atoms with van der Waals surface area (Å²) < 4.78 is 36.7. The van der Waals surface area contributed by atoms with Crippen molar-refractivity contribution < 1.29 is 32.5 Å². The highest BCUT2D eigenvalue weighted by atomic mass is 32.2. The highest BCUT2D eigenvalue weighted by Gasteiger charge is 2.30. The molecule has 2 aromatic rings. The highest BCUT2D eigenvalue weighted by Crippen LogP contribution is 2.34. The zero-order valence-corrected chi connectivity index (χ0v) is 20.6. The van der Waals surface area contributed by atoms with Crippen LogP contribution in [0.2, 0.25) is 0 Å². The molecule has 9 nitrogen and oxygen atoms in total. The molecule has 0 aromatic heterocycles. The van der Waals surface area contributed by atoms with Crippen LogP contribution in [0.15, 0.2) is 42.5 Å². The van der Waals surface area contributed by atoms with Gasteiger partial charge in [-0.15, -0.1) is 0 Å². The van der Waals surface area contributed by atoms with Crippen LogP contribution in [0.3, 0.4) is 0 Å². The molecule has 2 aromatic carbocycles. The SMILES string of the molecule is C[C@@H](C(=O)NC1CCCC1)N(C(=O)C[S@](=O)CC(=O)Nc1ccc2c(c1)OCO2)c1ccc(F)cc1. The van der Waals surface area contributed by atoms with E-state index in [-0.39, 0.29) is 18.7 Å². The van der Waals surface area contributed by atoms with Crippen LogP contribution in [0.5, 0.6) is 11.5 Å². The van der Waals surface area contributed by atoms with E-state index in [1.807, 2.05) is 0 Å². The fourth-order valence-corrected chi connectivity index (χ4v) is 5.15. The van der Waals surface area contributed by atoms with Gasteiger partial charge < -0.3 is 20.1 Å². The van der Waals surface area contributed by atoms with Gasteiger partial charge in [-0.05, 0) is 56.2 Å². The largest absolute Gasteiger partial charge is 0.454 e. The third-order valence-corrected chi connectivity index (χ3v) is 7.23. The van der Waals surface area contributed by atoms with E-state index in [4.69, 9.17) is 9.47 Å². The number of nitrogens with one attached hydrogen (secondary N) is 2. The summed E-state index contributed by atoms with van der Waals surface area (Å²) in [6.07, 6.45) is 3.83. The first-order valence-electron chi connectivity index (χ1n) is 11.7. The Hall–Kier alpha value is -3.47. The summed E-state index contributed by atoms with van der Waals surface area (Å²) in [7, 11) is -1.85. The van der Waals surface area contributed by atoms with Crippen molar-refractivity contribution in [1.29, 1.82) is 0 Å². The van der Waals surface area contributed by atoms with Gasteiger partial charge in [-0.25, -0.2) is 4.39 Å². The van der Waals surface area contributed by atoms with Crippen molar-refractivity contribution >= 4 is 39.9 Å². The number of rotatable bonds is 9. The number of halogens is 1. The molecule has 2 aliphatic rings. The summed E-state index contributed by atoms with van der Waals surface area (Å²) in [6, 6.07) is 9.16. The lowest BCUT2D eigenvalue weighted by molar-refractivity contribution is -0.125. The molecular formula is C25H28FN3O6S. The molecular weight excluding hydrogens is 489 g/mol. The van der Waals surface area contributed by atoms with E-state index >= 15 is 0 Å². The van der Waals surface area contributed by atoms with Crippen molar-refractivity contribution in [2.24, 2.45) is 0 Å². The molecule has 36 heavy (non-hydrogen) atoms. The third kappa shape index (κ3) is 6.39. The van der Waals surface area contributed by atoms with Crippen LogP contribution in [0, 0.1) is 5.82 Å². The van der Waals surface area contributed by atoms with Crippen LogP contribution in [-0.2, 0) is 25.2 Å². The molecule has 2 N–H and O–H groups in total. The van der Waals surface area contributed by atoms with Gasteiger partial charge in [-0.3, -0.25) is 23.5 Å². The fraction of sp³-hybridized carbons (Fsp3) is 0.400. The Morgan fingerprint density at radius 3 is 2.47 bits per heavy atom. The molecule has 0 radical (unpaired) electrons. The highest BCUT2D eigenvalue weighted by molar-refractivity contribution is 7.86. The van der Waals surface area contributed by atoms with E-state index in [9.17, 15) is 23.0 Å². The van der Waals surface area contributed by atoms with E-state index in [2.05, 4.69) is 10.6 Å². The van der Waals surface area contributed by atoms with Gasteiger partial charge in [0.2, 0.25) is 24.5 Å². The Morgan fingerprint density at radius 1 is 1.06 bits per heavy atom. The predicted octanol–water partition coefficient (Wildman–Crippen LogP) is 2.72.